The molecule has 5 rings (SSSR count). The van der Waals surface area contributed by atoms with Gasteiger partial charge >= 0.3 is 5.97 Å². The Bertz CT molecular complexity index is 1060. The molecule has 6 heteroatoms. The van der Waals surface area contributed by atoms with Gasteiger partial charge in [0.25, 0.3) is 0 Å². The van der Waals surface area contributed by atoms with Crippen molar-refractivity contribution in [1.29, 1.82) is 0 Å². The first kappa shape index (κ1) is 18.7. The zero-order chi connectivity index (χ0) is 21.0. The van der Waals surface area contributed by atoms with Gasteiger partial charge in [0, 0.05) is 0 Å². The van der Waals surface area contributed by atoms with Crippen molar-refractivity contribution in [2.24, 2.45) is 23.7 Å². The Morgan fingerprint density at radius 1 is 0.933 bits per heavy atom. The maximum atomic E-state index is 13.0. The van der Waals surface area contributed by atoms with Gasteiger partial charge in [0.15, 0.2) is 5.78 Å². The third-order valence-corrected chi connectivity index (χ3v) is 6.74. The standard InChI is InChI=1S/C24H21NO5/c1-13(26)18-7-2-3-8-19(18)30-24(29)16-5-4-6-17(12-16)25-22(27)20-14-9-10-15(11-14)21(20)23(25)28/h2-8,12,14-15,20-21H,9-11H2,1H3/t14-,15-,20-,21-/m0/s1. The van der Waals surface area contributed by atoms with E-state index in [0.717, 1.165) is 19.3 Å². The quantitative estimate of drug-likeness (QED) is 0.337. The van der Waals surface area contributed by atoms with E-state index in [1.54, 1.807) is 42.5 Å². The number of imide groups is 1. The molecule has 2 aromatic carbocycles. The van der Waals surface area contributed by atoms with Gasteiger partial charge in [-0.05, 0) is 68.4 Å². The van der Waals surface area contributed by atoms with Gasteiger partial charge in [-0.25, -0.2) is 4.79 Å². The fraction of sp³-hybridized carbons (Fsp3) is 0.333. The second kappa shape index (κ2) is 6.90. The second-order valence-electron chi connectivity index (χ2n) is 8.39. The molecule has 2 bridgehead atoms. The first-order chi connectivity index (χ1) is 14.5. The van der Waals surface area contributed by atoms with Crippen LogP contribution in [0.3, 0.4) is 0 Å². The van der Waals surface area contributed by atoms with E-state index in [4.69, 9.17) is 4.74 Å². The molecule has 3 fully saturated rings. The zero-order valence-electron chi connectivity index (χ0n) is 16.5. The summed E-state index contributed by atoms with van der Waals surface area (Å²) in [5.74, 6) is -0.792. The molecule has 30 heavy (non-hydrogen) atoms. The van der Waals surface area contributed by atoms with Gasteiger partial charge in [-0.3, -0.25) is 19.3 Å². The van der Waals surface area contributed by atoms with Gasteiger partial charge in [-0.1, -0.05) is 18.2 Å². The molecule has 6 nitrogen and oxygen atoms in total. The van der Waals surface area contributed by atoms with Crippen LogP contribution in [0.1, 0.15) is 46.9 Å². The van der Waals surface area contributed by atoms with Crippen molar-refractivity contribution in [3.8, 4) is 5.75 Å². The highest BCUT2D eigenvalue weighted by molar-refractivity contribution is 6.22. The fourth-order valence-electron chi connectivity index (χ4n) is 5.44. The number of amides is 2. The Labute approximate surface area is 173 Å². The number of carbonyl (C=O) groups excluding carboxylic acids is 4. The van der Waals surface area contributed by atoms with Gasteiger partial charge in [-0.2, -0.15) is 0 Å². The number of benzene rings is 2. The number of para-hydroxylation sites is 1. The van der Waals surface area contributed by atoms with Crippen molar-refractivity contribution in [1.82, 2.24) is 0 Å². The monoisotopic (exact) mass is 403 g/mol. The molecule has 1 heterocycles. The van der Waals surface area contributed by atoms with Crippen molar-refractivity contribution >= 4 is 29.3 Å². The lowest BCUT2D eigenvalue weighted by atomic mass is 9.81. The molecular weight excluding hydrogens is 382 g/mol. The smallest absolute Gasteiger partial charge is 0.343 e. The number of esters is 1. The number of anilines is 1. The molecule has 3 aliphatic rings. The number of rotatable bonds is 4. The Kier molecular flexibility index (Phi) is 4.31. The number of nitrogens with zero attached hydrogens (tertiary/aromatic N) is 1. The third kappa shape index (κ3) is 2.78. The van der Waals surface area contributed by atoms with E-state index in [1.165, 1.54) is 17.9 Å². The van der Waals surface area contributed by atoms with Crippen molar-refractivity contribution in [3.05, 3.63) is 59.7 Å². The highest BCUT2D eigenvalue weighted by atomic mass is 16.5. The molecule has 0 aromatic heterocycles. The molecule has 2 aromatic rings. The molecule has 2 amide bonds. The van der Waals surface area contributed by atoms with Crippen molar-refractivity contribution < 1.29 is 23.9 Å². The number of ether oxygens (including phenoxy) is 1. The van der Waals surface area contributed by atoms with Crippen LogP contribution in [-0.4, -0.2) is 23.6 Å². The summed E-state index contributed by atoms with van der Waals surface area (Å²) in [5, 5.41) is 0. The van der Waals surface area contributed by atoms with Crippen molar-refractivity contribution in [2.45, 2.75) is 26.2 Å². The predicted molar refractivity (Wildman–Crippen MR) is 108 cm³/mol. The predicted octanol–water partition coefficient (Wildman–Crippen LogP) is 3.64. The average Bonchev–Trinajstić information content (AvgIpc) is 3.42. The highest BCUT2D eigenvalue weighted by Gasteiger charge is 2.61. The Balaban J connectivity index is 1.41. The fourth-order valence-corrected chi connectivity index (χ4v) is 5.44. The second-order valence-corrected chi connectivity index (χ2v) is 8.39. The number of hydrogen-bond donors (Lipinski definition) is 0. The molecule has 0 spiro atoms. The van der Waals surface area contributed by atoms with Crippen LogP contribution in [-0.2, 0) is 9.59 Å². The zero-order valence-corrected chi connectivity index (χ0v) is 16.5. The molecule has 2 saturated carbocycles. The maximum absolute atomic E-state index is 13.0. The lowest BCUT2D eigenvalue weighted by molar-refractivity contribution is -0.123. The van der Waals surface area contributed by atoms with E-state index >= 15 is 0 Å². The number of Topliss-reactive ketones (excluding diaryl/α,β-unsaturated/α-hetero) is 1. The van der Waals surface area contributed by atoms with Gasteiger partial charge in [0.2, 0.25) is 11.8 Å². The lowest BCUT2D eigenvalue weighted by Crippen LogP contribution is -2.32. The van der Waals surface area contributed by atoms with Crippen LogP contribution in [0.25, 0.3) is 0 Å². The van der Waals surface area contributed by atoms with Crippen LogP contribution in [0.2, 0.25) is 0 Å². The largest absolute Gasteiger partial charge is 0.422 e. The lowest BCUT2D eigenvalue weighted by Gasteiger charge is -2.19. The van der Waals surface area contributed by atoms with Gasteiger partial charge < -0.3 is 4.74 Å². The van der Waals surface area contributed by atoms with Gasteiger partial charge in [0.05, 0.1) is 28.7 Å². The molecule has 4 atom stereocenters. The summed E-state index contributed by atoms with van der Waals surface area (Å²) in [6.45, 7) is 1.40. The van der Waals surface area contributed by atoms with E-state index in [1.807, 2.05) is 0 Å². The third-order valence-electron chi connectivity index (χ3n) is 6.74. The topological polar surface area (TPSA) is 80.8 Å². The SMILES string of the molecule is CC(=O)c1ccccc1OC(=O)c1cccc(N2C(=O)[C@H]3[C@H]4CC[C@@H](C4)[C@@H]3C2=O)c1. The van der Waals surface area contributed by atoms with Crippen LogP contribution < -0.4 is 9.64 Å². The van der Waals surface area contributed by atoms with E-state index in [-0.39, 0.29) is 40.7 Å². The molecular formula is C24H21NO5. The number of carbonyl (C=O) groups is 4. The van der Waals surface area contributed by atoms with Crippen LogP contribution in [0, 0.1) is 23.7 Å². The normalized spacial score (nSPS) is 26.8. The van der Waals surface area contributed by atoms with Gasteiger partial charge in [0.1, 0.15) is 5.75 Å². The molecule has 0 unspecified atom stereocenters. The van der Waals surface area contributed by atoms with E-state index < -0.39 is 5.97 Å². The van der Waals surface area contributed by atoms with Crippen LogP contribution in [0.4, 0.5) is 5.69 Å². The van der Waals surface area contributed by atoms with E-state index in [9.17, 15) is 19.2 Å². The minimum Gasteiger partial charge on any atom is -0.422 e. The van der Waals surface area contributed by atoms with Crippen molar-refractivity contribution in [3.63, 3.8) is 0 Å². The minimum atomic E-state index is -0.648. The van der Waals surface area contributed by atoms with Crippen LogP contribution >= 0.6 is 0 Å². The molecule has 0 radical (unpaired) electrons. The maximum Gasteiger partial charge on any atom is 0.343 e. The summed E-state index contributed by atoms with van der Waals surface area (Å²) >= 11 is 0. The number of hydrogen-bond acceptors (Lipinski definition) is 5. The van der Waals surface area contributed by atoms with Crippen molar-refractivity contribution in [2.75, 3.05) is 4.90 Å². The average molecular weight is 403 g/mol. The summed E-state index contributed by atoms with van der Waals surface area (Å²) in [4.78, 5) is 51.8. The number of ketones is 1. The molecule has 1 aliphatic heterocycles. The summed E-state index contributed by atoms with van der Waals surface area (Å²) < 4.78 is 5.43. The number of fused-ring (bicyclic) bond motifs is 5. The van der Waals surface area contributed by atoms with E-state index in [2.05, 4.69) is 0 Å². The van der Waals surface area contributed by atoms with Gasteiger partial charge in [-0.15, -0.1) is 0 Å². The first-order valence-corrected chi connectivity index (χ1v) is 10.3. The molecule has 2 aliphatic carbocycles. The summed E-state index contributed by atoms with van der Waals surface area (Å²) in [6, 6.07) is 12.9. The summed E-state index contributed by atoms with van der Waals surface area (Å²) in [6.07, 6.45) is 3.00. The Morgan fingerprint density at radius 2 is 1.60 bits per heavy atom. The highest BCUT2D eigenvalue weighted by Crippen LogP contribution is 2.56. The molecule has 1 saturated heterocycles. The molecule has 152 valence electrons. The minimum absolute atomic E-state index is 0.148. The van der Waals surface area contributed by atoms with Crippen LogP contribution in [0.5, 0.6) is 5.75 Å². The van der Waals surface area contributed by atoms with Crippen LogP contribution in [0.15, 0.2) is 48.5 Å². The Morgan fingerprint density at radius 3 is 2.27 bits per heavy atom. The first-order valence-electron chi connectivity index (χ1n) is 10.3. The summed E-state index contributed by atoms with van der Waals surface area (Å²) in [7, 11) is 0. The Hall–Kier alpha value is -3.28. The molecule has 0 N–H and O–H groups in total. The van der Waals surface area contributed by atoms with E-state index in [0.29, 0.717) is 23.1 Å². The summed E-state index contributed by atoms with van der Waals surface area (Å²) in [5.41, 5.74) is 0.926.